The van der Waals surface area contributed by atoms with Gasteiger partial charge in [-0.25, -0.2) is 27.8 Å². The number of rotatable bonds is 5. The minimum atomic E-state index is -1.55. The summed E-state index contributed by atoms with van der Waals surface area (Å²) in [4.78, 5) is 20.5. The standard InChI is InChI=1S/C20H14F3N5OS/c1-2-15-12(10-28(27-15)20-24-7-8-30-20)11-3-6-16(25-9-11)26-19(29)17-13(21)4-5-14(22)18(17)23/h3-10H,2H2,1H3,(H,25,26,29). The summed E-state index contributed by atoms with van der Waals surface area (Å²) in [6.45, 7) is 1.97. The van der Waals surface area contributed by atoms with Crippen LogP contribution in [-0.2, 0) is 6.42 Å². The smallest absolute Gasteiger partial charge is 0.262 e. The fraction of sp³-hybridized carbons (Fsp3) is 0.100. The number of benzene rings is 1. The Morgan fingerprint density at radius 3 is 2.60 bits per heavy atom. The van der Waals surface area contributed by atoms with Crippen molar-refractivity contribution in [1.29, 1.82) is 0 Å². The maximum atomic E-state index is 13.8. The summed E-state index contributed by atoms with van der Waals surface area (Å²) in [6.07, 6.45) is 5.72. The lowest BCUT2D eigenvalue weighted by Crippen LogP contribution is -2.17. The first-order chi connectivity index (χ1) is 14.5. The molecule has 1 aromatic carbocycles. The van der Waals surface area contributed by atoms with Crippen LogP contribution < -0.4 is 5.32 Å². The molecule has 0 saturated carbocycles. The van der Waals surface area contributed by atoms with E-state index in [1.807, 2.05) is 18.5 Å². The summed E-state index contributed by atoms with van der Waals surface area (Å²) in [7, 11) is 0. The number of hydrogen-bond donors (Lipinski definition) is 1. The largest absolute Gasteiger partial charge is 0.306 e. The van der Waals surface area contributed by atoms with E-state index in [4.69, 9.17) is 0 Å². The van der Waals surface area contributed by atoms with Crippen LogP contribution in [0.1, 0.15) is 23.0 Å². The van der Waals surface area contributed by atoms with E-state index in [2.05, 4.69) is 20.4 Å². The lowest BCUT2D eigenvalue weighted by molar-refractivity contribution is 0.101. The van der Waals surface area contributed by atoms with Crippen LogP contribution in [0, 0.1) is 17.5 Å². The number of aryl methyl sites for hydroxylation is 1. The Bertz CT molecular complexity index is 1210. The predicted molar refractivity (Wildman–Crippen MR) is 106 cm³/mol. The minimum absolute atomic E-state index is 0.0668. The van der Waals surface area contributed by atoms with Gasteiger partial charge in [-0.15, -0.1) is 11.3 Å². The van der Waals surface area contributed by atoms with E-state index in [0.29, 0.717) is 18.6 Å². The van der Waals surface area contributed by atoms with E-state index in [1.54, 1.807) is 16.9 Å². The molecule has 1 N–H and O–H groups in total. The van der Waals surface area contributed by atoms with Crippen LogP contribution in [0.2, 0.25) is 0 Å². The van der Waals surface area contributed by atoms with Crippen molar-refractivity contribution in [3.05, 3.63) is 76.9 Å². The van der Waals surface area contributed by atoms with Crippen LogP contribution in [-0.4, -0.2) is 25.7 Å². The number of amides is 1. The number of nitrogens with one attached hydrogen (secondary N) is 1. The molecule has 0 saturated heterocycles. The zero-order valence-electron chi connectivity index (χ0n) is 15.6. The molecule has 0 atom stereocenters. The molecule has 10 heteroatoms. The summed E-state index contributed by atoms with van der Waals surface area (Å²) in [5, 5.41) is 9.39. The molecule has 0 unspecified atom stereocenters. The van der Waals surface area contributed by atoms with Crippen molar-refractivity contribution in [1.82, 2.24) is 19.7 Å². The van der Waals surface area contributed by atoms with Gasteiger partial charge in [0.2, 0.25) is 5.13 Å². The fourth-order valence-electron chi connectivity index (χ4n) is 2.88. The first kappa shape index (κ1) is 19.8. The quantitative estimate of drug-likeness (QED) is 0.470. The van der Waals surface area contributed by atoms with Crippen LogP contribution in [0.15, 0.2) is 48.2 Å². The molecule has 3 aromatic heterocycles. The zero-order valence-corrected chi connectivity index (χ0v) is 16.4. The Balaban J connectivity index is 1.58. The van der Waals surface area contributed by atoms with Gasteiger partial charge in [-0.05, 0) is 30.7 Å². The van der Waals surface area contributed by atoms with Gasteiger partial charge < -0.3 is 5.32 Å². The minimum Gasteiger partial charge on any atom is -0.306 e. The first-order valence-electron chi connectivity index (χ1n) is 8.87. The molecule has 152 valence electrons. The summed E-state index contributed by atoms with van der Waals surface area (Å²) < 4.78 is 42.6. The van der Waals surface area contributed by atoms with Gasteiger partial charge in [-0.1, -0.05) is 6.92 Å². The van der Waals surface area contributed by atoms with Gasteiger partial charge in [-0.2, -0.15) is 5.10 Å². The molecule has 0 bridgehead atoms. The van der Waals surface area contributed by atoms with Crippen molar-refractivity contribution in [3.63, 3.8) is 0 Å². The third-order valence-corrected chi connectivity index (χ3v) is 5.09. The molecule has 30 heavy (non-hydrogen) atoms. The molecule has 0 radical (unpaired) electrons. The molecule has 6 nitrogen and oxygen atoms in total. The molecular formula is C20H14F3N5OS. The molecule has 0 aliphatic carbocycles. The number of aromatic nitrogens is 4. The Morgan fingerprint density at radius 2 is 1.93 bits per heavy atom. The van der Waals surface area contributed by atoms with E-state index >= 15 is 0 Å². The number of nitrogens with zero attached hydrogens (tertiary/aromatic N) is 4. The zero-order chi connectivity index (χ0) is 21.3. The van der Waals surface area contributed by atoms with Gasteiger partial charge >= 0.3 is 0 Å². The monoisotopic (exact) mass is 429 g/mol. The molecule has 0 aliphatic heterocycles. The summed E-state index contributed by atoms with van der Waals surface area (Å²) in [5.74, 6) is -5.08. The van der Waals surface area contributed by atoms with E-state index in [1.165, 1.54) is 23.6 Å². The Kier molecular flexibility index (Phi) is 5.32. The van der Waals surface area contributed by atoms with Gasteiger partial charge in [-0.3, -0.25) is 4.79 Å². The Morgan fingerprint density at radius 1 is 1.13 bits per heavy atom. The van der Waals surface area contributed by atoms with Gasteiger partial charge in [0.15, 0.2) is 11.6 Å². The second-order valence-electron chi connectivity index (χ2n) is 6.21. The van der Waals surface area contributed by atoms with Gasteiger partial charge in [0.05, 0.1) is 5.69 Å². The average Bonchev–Trinajstić information content (AvgIpc) is 3.41. The van der Waals surface area contributed by atoms with Crippen molar-refractivity contribution in [3.8, 4) is 16.3 Å². The normalized spacial score (nSPS) is 10.9. The molecule has 3 heterocycles. The SMILES string of the molecule is CCc1nn(-c2nccs2)cc1-c1ccc(NC(=O)c2c(F)ccc(F)c2F)nc1. The molecule has 0 fully saturated rings. The van der Waals surface area contributed by atoms with Crippen molar-refractivity contribution >= 4 is 23.1 Å². The van der Waals surface area contributed by atoms with Crippen LogP contribution in [0.5, 0.6) is 0 Å². The maximum Gasteiger partial charge on any atom is 0.262 e. The lowest BCUT2D eigenvalue weighted by atomic mass is 10.1. The highest BCUT2D eigenvalue weighted by Crippen LogP contribution is 2.26. The van der Waals surface area contributed by atoms with E-state index < -0.39 is 28.9 Å². The topological polar surface area (TPSA) is 72.7 Å². The second-order valence-corrected chi connectivity index (χ2v) is 7.08. The van der Waals surface area contributed by atoms with Gasteiger partial charge in [0.25, 0.3) is 5.91 Å². The highest BCUT2D eigenvalue weighted by molar-refractivity contribution is 7.12. The van der Waals surface area contributed by atoms with E-state index in [9.17, 15) is 18.0 Å². The number of anilines is 1. The number of carbonyl (C=O) groups excluding carboxylic acids is 1. The number of thiazole rings is 1. The van der Waals surface area contributed by atoms with Crippen LogP contribution in [0.3, 0.4) is 0 Å². The van der Waals surface area contributed by atoms with Gasteiger partial charge in [0.1, 0.15) is 17.2 Å². The number of pyridine rings is 1. The molecule has 4 aromatic rings. The molecule has 0 aliphatic rings. The van der Waals surface area contributed by atoms with Crippen molar-refractivity contribution < 1.29 is 18.0 Å². The number of carbonyl (C=O) groups is 1. The average molecular weight is 429 g/mol. The first-order valence-corrected chi connectivity index (χ1v) is 9.75. The second kappa shape index (κ2) is 8.07. The van der Waals surface area contributed by atoms with Crippen molar-refractivity contribution in [2.24, 2.45) is 0 Å². The van der Waals surface area contributed by atoms with Crippen molar-refractivity contribution in [2.45, 2.75) is 13.3 Å². The van der Waals surface area contributed by atoms with E-state index in [-0.39, 0.29) is 5.82 Å². The van der Waals surface area contributed by atoms with Crippen LogP contribution in [0.4, 0.5) is 19.0 Å². The molecular weight excluding hydrogens is 415 g/mol. The van der Waals surface area contributed by atoms with Crippen molar-refractivity contribution in [2.75, 3.05) is 5.32 Å². The molecule has 4 rings (SSSR count). The summed E-state index contributed by atoms with van der Waals surface area (Å²) in [5.41, 5.74) is 1.43. The Labute approximate surface area is 173 Å². The Hall–Kier alpha value is -3.53. The third-order valence-electron chi connectivity index (χ3n) is 4.33. The maximum absolute atomic E-state index is 13.8. The summed E-state index contributed by atoms with van der Waals surface area (Å²) in [6, 6.07) is 4.49. The molecule has 1 amide bonds. The highest BCUT2D eigenvalue weighted by Gasteiger charge is 2.21. The fourth-order valence-corrected chi connectivity index (χ4v) is 3.45. The number of halogens is 3. The summed E-state index contributed by atoms with van der Waals surface area (Å²) >= 11 is 1.45. The van der Waals surface area contributed by atoms with E-state index in [0.717, 1.165) is 22.0 Å². The van der Waals surface area contributed by atoms with Gasteiger partial charge in [0, 0.05) is 35.1 Å². The predicted octanol–water partition coefficient (Wildman–Crippen LogP) is 4.62. The third kappa shape index (κ3) is 3.69. The number of hydrogen-bond acceptors (Lipinski definition) is 5. The molecule has 0 spiro atoms. The van der Waals surface area contributed by atoms with Crippen LogP contribution >= 0.6 is 11.3 Å². The highest BCUT2D eigenvalue weighted by atomic mass is 32.1. The van der Waals surface area contributed by atoms with Crippen LogP contribution in [0.25, 0.3) is 16.3 Å². The lowest BCUT2D eigenvalue weighted by Gasteiger charge is -2.08.